The molecule has 2 unspecified atom stereocenters. The Hall–Kier alpha value is -1.42. The number of hydrogen-bond donors (Lipinski definition) is 0. The molecule has 2 atom stereocenters. The monoisotopic (exact) mass is 244 g/mol. The lowest BCUT2D eigenvalue weighted by Gasteiger charge is -2.34. The summed E-state index contributed by atoms with van der Waals surface area (Å²) in [6.07, 6.45) is 7.23. The number of rotatable bonds is 2. The predicted molar refractivity (Wildman–Crippen MR) is 71.2 cm³/mol. The molecule has 3 heterocycles. The lowest BCUT2D eigenvalue weighted by atomic mass is 9.92. The van der Waals surface area contributed by atoms with Crippen LogP contribution in [0.1, 0.15) is 26.0 Å². The zero-order valence-corrected chi connectivity index (χ0v) is 11.1. The highest BCUT2D eigenvalue weighted by Crippen LogP contribution is 2.22. The van der Waals surface area contributed by atoms with Crippen molar-refractivity contribution in [2.45, 2.75) is 26.8 Å². The fourth-order valence-corrected chi connectivity index (χ4v) is 3.11. The quantitative estimate of drug-likeness (QED) is 0.812. The van der Waals surface area contributed by atoms with E-state index in [0.29, 0.717) is 0 Å². The van der Waals surface area contributed by atoms with Gasteiger partial charge < -0.3 is 0 Å². The maximum Gasteiger partial charge on any atom is 0.233 e. The summed E-state index contributed by atoms with van der Waals surface area (Å²) >= 11 is 0. The molecule has 0 saturated carbocycles. The maximum atomic E-state index is 4.57. The summed E-state index contributed by atoms with van der Waals surface area (Å²) < 4.78 is 1.99. The van der Waals surface area contributed by atoms with E-state index in [1.807, 2.05) is 16.7 Å². The zero-order valence-electron chi connectivity index (χ0n) is 11.1. The van der Waals surface area contributed by atoms with Crippen LogP contribution in [0.15, 0.2) is 24.7 Å². The molecule has 96 valence electrons. The van der Waals surface area contributed by atoms with Crippen LogP contribution in [0.4, 0.5) is 0 Å². The molecular weight excluding hydrogens is 224 g/mol. The first-order valence-corrected chi connectivity index (χ1v) is 6.71. The Morgan fingerprint density at radius 2 is 2.06 bits per heavy atom. The van der Waals surface area contributed by atoms with Crippen molar-refractivity contribution in [2.24, 2.45) is 11.8 Å². The van der Waals surface area contributed by atoms with E-state index >= 15 is 0 Å². The Morgan fingerprint density at radius 3 is 2.78 bits per heavy atom. The van der Waals surface area contributed by atoms with Gasteiger partial charge in [0, 0.05) is 38.2 Å². The number of fused-ring (bicyclic) bond motifs is 1. The number of nitrogens with zero attached hydrogens (tertiary/aromatic N) is 4. The van der Waals surface area contributed by atoms with Gasteiger partial charge in [0.1, 0.15) is 0 Å². The highest BCUT2D eigenvalue weighted by Gasteiger charge is 2.22. The standard InChI is InChI=1S/C14H20N4/c1-11-6-12(2)8-17(7-11)9-13-10-18-5-3-4-15-14(18)16-13/h3-5,10-12H,6-9H2,1-2H3. The van der Waals surface area contributed by atoms with Crippen molar-refractivity contribution in [3.05, 3.63) is 30.4 Å². The third-order valence-electron chi connectivity index (χ3n) is 3.62. The van der Waals surface area contributed by atoms with E-state index in [2.05, 4.69) is 34.9 Å². The molecule has 1 saturated heterocycles. The van der Waals surface area contributed by atoms with Gasteiger partial charge in [-0.1, -0.05) is 13.8 Å². The van der Waals surface area contributed by atoms with Crippen molar-refractivity contribution in [1.29, 1.82) is 0 Å². The molecule has 0 aliphatic carbocycles. The van der Waals surface area contributed by atoms with Gasteiger partial charge in [0.25, 0.3) is 0 Å². The van der Waals surface area contributed by atoms with E-state index in [1.54, 1.807) is 6.20 Å². The molecule has 1 aliphatic rings. The van der Waals surface area contributed by atoms with Crippen LogP contribution in [0.2, 0.25) is 0 Å². The number of aromatic nitrogens is 3. The number of piperidine rings is 1. The van der Waals surface area contributed by atoms with E-state index in [4.69, 9.17) is 0 Å². The van der Waals surface area contributed by atoms with Crippen LogP contribution in [0.25, 0.3) is 5.78 Å². The van der Waals surface area contributed by atoms with Gasteiger partial charge in [0.05, 0.1) is 5.69 Å². The number of likely N-dealkylation sites (tertiary alicyclic amines) is 1. The molecule has 4 nitrogen and oxygen atoms in total. The second kappa shape index (κ2) is 4.69. The van der Waals surface area contributed by atoms with Crippen molar-refractivity contribution in [3.63, 3.8) is 0 Å². The van der Waals surface area contributed by atoms with Crippen molar-refractivity contribution in [2.75, 3.05) is 13.1 Å². The summed E-state index contributed by atoms with van der Waals surface area (Å²) in [5.41, 5.74) is 1.12. The topological polar surface area (TPSA) is 33.4 Å². The molecule has 18 heavy (non-hydrogen) atoms. The van der Waals surface area contributed by atoms with E-state index in [0.717, 1.165) is 29.9 Å². The van der Waals surface area contributed by atoms with Gasteiger partial charge in [-0.25, -0.2) is 9.97 Å². The van der Waals surface area contributed by atoms with Crippen molar-refractivity contribution in [1.82, 2.24) is 19.3 Å². The molecule has 2 aromatic rings. The van der Waals surface area contributed by atoms with Crippen LogP contribution in [0.3, 0.4) is 0 Å². The van der Waals surface area contributed by atoms with Crippen LogP contribution in [0.5, 0.6) is 0 Å². The fourth-order valence-electron chi connectivity index (χ4n) is 3.11. The molecule has 2 aromatic heterocycles. The fraction of sp³-hybridized carbons (Fsp3) is 0.571. The number of imidazole rings is 1. The van der Waals surface area contributed by atoms with Crippen LogP contribution in [-0.2, 0) is 6.54 Å². The summed E-state index contributed by atoms with van der Waals surface area (Å²) in [6, 6.07) is 1.93. The Kier molecular flexibility index (Phi) is 3.04. The third kappa shape index (κ3) is 2.38. The SMILES string of the molecule is CC1CC(C)CN(Cc2cn3cccnc3n2)C1. The minimum atomic E-state index is 0.795. The lowest BCUT2D eigenvalue weighted by molar-refractivity contribution is 0.133. The van der Waals surface area contributed by atoms with Crippen LogP contribution in [-0.4, -0.2) is 32.4 Å². The molecule has 1 fully saturated rings. The highest BCUT2D eigenvalue weighted by molar-refractivity contribution is 5.29. The van der Waals surface area contributed by atoms with Gasteiger partial charge in [-0.2, -0.15) is 0 Å². The first-order chi connectivity index (χ1) is 8.70. The van der Waals surface area contributed by atoms with Gasteiger partial charge in [-0.05, 0) is 24.3 Å². The van der Waals surface area contributed by atoms with Gasteiger partial charge in [-0.3, -0.25) is 9.30 Å². The van der Waals surface area contributed by atoms with E-state index < -0.39 is 0 Å². The molecular formula is C14H20N4. The Labute approximate surface area is 108 Å². The Bertz CT molecular complexity index is 490. The summed E-state index contributed by atoms with van der Waals surface area (Å²) in [5, 5.41) is 0. The zero-order chi connectivity index (χ0) is 12.5. The van der Waals surface area contributed by atoms with Gasteiger partial charge in [0.15, 0.2) is 0 Å². The van der Waals surface area contributed by atoms with Gasteiger partial charge >= 0.3 is 0 Å². The van der Waals surface area contributed by atoms with Gasteiger partial charge in [0.2, 0.25) is 5.78 Å². The first-order valence-electron chi connectivity index (χ1n) is 6.71. The second-order valence-electron chi connectivity index (χ2n) is 5.70. The Morgan fingerprint density at radius 1 is 1.28 bits per heavy atom. The molecule has 3 rings (SSSR count). The van der Waals surface area contributed by atoms with E-state index in [-0.39, 0.29) is 0 Å². The summed E-state index contributed by atoms with van der Waals surface area (Å²) in [7, 11) is 0. The predicted octanol–water partition coefficient (Wildman–Crippen LogP) is 2.21. The third-order valence-corrected chi connectivity index (χ3v) is 3.62. The molecule has 1 aliphatic heterocycles. The minimum Gasteiger partial charge on any atom is -0.297 e. The van der Waals surface area contributed by atoms with Crippen LogP contribution in [0, 0.1) is 11.8 Å². The molecule has 0 N–H and O–H groups in total. The highest BCUT2D eigenvalue weighted by atomic mass is 15.2. The van der Waals surface area contributed by atoms with Crippen molar-refractivity contribution >= 4 is 5.78 Å². The molecule has 0 aromatic carbocycles. The van der Waals surface area contributed by atoms with E-state index in [9.17, 15) is 0 Å². The van der Waals surface area contributed by atoms with Gasteiger partial charge in [-0.15, -0.1) is 0 Å². The molecule has 0 amide bonds. The minimum absolute atomic E-state index is 0.795. The second-order valence-corrected chi connectivity index (χ2v) is 5.70. The molecule has 0 spiro atoms. The number of hydrogen-bond acceptors (Lipinski definition) is 3. The largest absolute Gasteiger partial charge is 0.297 e. The molecule has 0 radical (unpaired) electrons. The lowest BCUT2D eigenvalue weighted by Crippen LogP contribution is -2.38. The molecule has 0 bridgehead atoms. The maximum absolute atomic E-state index is 4.57. The van der Waals surface area contributed by atoms with Crippen LogP contribution < -0.4 is 0 Å². The van der Waals surface area contributed by atoms with E-state index in [1.165, 1.54) is 19.5 Å². The van der Waals surface area contributed by atoms with Crippen molar-refractivity contribution in [3.8, 4) is 0 Å². The molecule has 4 heteroatoms. The normalized spacial score (nSPS) is 25.7. The smallest absolute Gasteiger partial charge is 0.233 e. The average molecular weight is 244 g/mol. The Balaban J connectivity index is 1.75. The summed E-state index contributed by atoms with van der Waals surface area (Å²) in [4.78, 5) is 11.3. The first kappa shape index (κ1) is 11.7. The summed E-state index contributed by atoms with van der Waals surface area (Å²) in [5.74, 6) is 2.39. The summed E-state index contributed by atoms with van der Waals surface area (Å²) in [6.45, 7) is 8.00. The van der Waals surface area contributed by atoms with Crippen LogP contribution >= 0.6 is 0 Å². The van der Waals surface area contributed by atoms with Crippen molar-refractivity contribution < 1.29 is 0 Å². The average Bonchev–Trinajstić information content (AvgIpc) is 2.69.